The first kappa shape index (κ1) is 19.6. The molecule has 0 aliphatic heterocycles. The lowest BCUT2D eigenvalue weighted by molar-refractivity contribution is 0.0927. The minimum absolute atomic E-state index is 0.000227. The number of carbonyl (C=O) groups is 1. The highest BCUT2D eigenvalue weighted by molar-refractivity contribution is 7.15. The van der Waals surface area contributed by atoms with Gasteiger partial charge in [0.2, 0.25) is 0 Å². The van der Waals surface area contributed by atoms with Gasteiger partial charge in [0.25, 0.3) is 11.5 Å². The van der Waals surface area contributed by atoms with Gasteiger partial charge >= 0.3 is 0 Å². The molecular formula is C22H26N4O2S. The number of hydrogen-bond donors (Lipinski definition) is 2. The fraction of sp³-hybridized carbons (Fsp3) is 0.409. The van der Waals surface area contributed by atoms with Crippen molar-refractivity contribution in [3.63, 3.8) is 0 Å². The summed E-state index contributed by atoms with van der Waals surface area (Å²) < 4.78 is 1.62. The molecule has 7 heteroatoms. The number of hydrogen-bond acceptors (Lipinski definition) is 5. The molecule has 0 bridgehead atoms. The van der Waals surface area contributed by atoms with Crippen LogP contribution in [0.25, 0.3) is 4.96 Å². The third kappa shape index (κ3) is 4.34. The normalized spacial score (nSPS) is 14.8. The summed E-state index contributed by atoms with van der Waals surface area (Å²) in [7, 11) is 0. The molecule has 1 saturated carbocycles. The number of nitrogens with zero attached hydrogens (tertiary/aromatic N) is 2. The molecule has 2 heterocycles. The topological polar surface area (TPSA) is 75.5 Å². The predicted molar refractivity (Wildman–Crippen MR) is 117 cm³/mol. The first-order valence-electron chi connectivity index (χ1n) is 10.1. The van der Waals surface area contributed by atoms with Crippen LogP contribution in [-0.4, -0.2) is 21.3 Å². The molecule has 1 amide bonds. The van der Waals surface area contributed by atoms with Crippen molar-refractivity contribution in [1.29, 1.82) is 0 Å². The molecular weight excluding hydrogens is 384 g/mol. The van der Waals surface area contributed by atoms with E-state index in [1.807, 2.05) is 37.4 Å². The maximum atomic E-state index is 12.5. The van der Waals surface area contributed by atoms with Crippen molar-refractivity contribution < 1.29 is 4.79 Å². The maximum Gasteiger partial charge on any atom is 0.259 e. The first-order valence-corrected chi connectivity index (χ1v) is 11.0. The molecule has 3 aromatic rings. The lowest BCUT2D eigenvalue weighted by Crippen LogP contribution is -2.36. The number of rotatable bonds is 5. The summed E-state index contributed by atoms with van der Waals surface area (Å²) >= 11 is 1.47. The Labute approximate surface area is 174 Å². The molecule has 1 fully saturated rings. The van der Waals surface area contributed by atoms with Gasteiger partial charge in [0.15, 0.2) is 4.96 Å². The number of fused-ring (bicyclic) bond motifs is 1. The van der Waals surface area contributed by atoms with Crippen LogP contribution in [0, 0.1) is 13.8 Å². The number of benzene rings is 1. The van der Waals surface area contributed by atoms with Gasteiger partial charge in [-0.05, 0) is 50.5 Å². The van der Waals surface area contributed by atoms with E-state index < -0.39 is 0 Å². The van der Waals surface area contributed by atoms with Crippen LogP contribution in [0.15, 0.2) is 34.4 Å². The Morgan fingerprint density at radius 2 is 2.00 bits per heavy atom. The summed E-state index contributed by atoms with van der Waals surface area (Å²) in [6.45, 7) is 4.34. The number of carbonyl (C=O) groups excluding carboxylic acids is 1. The predicted octanol–water partition coefficient (Wildman–Crippen LogP) is 4.05. The fourth-order valence-corrected chi connectivity index (χ4v) is 4.79. The van der Waals surface area contributed by atoms with E-state index in [0.717, 1.165) is 29.8 Å². The zero-order valence-corrected chi connectivity index (χ0v) is 17.6. The van der Waals surface area contributed by atoms with Crippen molar-refractivity contribution in [2.24, 2.45) is 0 Å². The zero-order chi connectivity index (χ0) is 20.4. The van der Waals surface area contributed by atoms with Gasteiger partial charge < -0.3 is 10.6 Å². The summed E-state index contributed by atoms with van der Waals surface area (Å²) in [5.41, 5.74) is 4.16. The number of amides is 1. The zero-order valence-electron chi connectivity index (χ0n) is 16.8. The van der Waals surface area contributed by atoms with E-state index in [4.69, 9.17) is 0 Å². The SMILES string of the molecule is Cc1cc(C(=O)NC2CCCCC2)ccc1NCc1cc(=O)n2c(C)csc2n1. The van der Waals surface area contributed by atoms with E-state index in [0.29, 0.717) is 28.8 Å². The lowest BCUT2D eigenvalue weighted by atomic mass is 9.95. The van der Waals surface area contributed by atoms with E-state index in [9.17, 15) is 9.59 Å². The highest BCUT2D eigenvalue weighted by Gasteiger charge is 2.17. The molecule has 1 aliphatic carbocycles. The third-order valence-corrected chi connectivity index (χ3v) is 6.46. The van der Waals surface area contributed by atoms with Crippen molar-refractivity contribution in [2.45, 2.75) is 58.5 Å². The average molecular weight is 411 g/mol. The summed E-state index contributed by atoms with van der Waals surface area (Å²) in [4.78, 5) is 30.1. The number of thiazole rings is 1. The van der Waals surface area contributed by atoms with Crippen molar-refractivity contribution >= 4 is 27.9 Å². The van der Waals surface area contributed by atoms with Crippen molar-refractivity contribution in [1.82, 2.24) is 14.7 Å². The molecule has 0 unspecified atom stereocenters. The Morgan fingerprint density at radius 1 is 1.21 bits per heavy atom. The Kier molecular flexibility index (Phi) is 5.67. The Balaban J connectivity index is 1.43. The summed E-state index contributed by atoms with van der Waals surface area (Å²) in [6.07, 6.45) is 5.81. The van der Waals surface area contributed by atoms with Gasteiger partial charge in [0.05, 0.1) is 12.2 Å². The second-order valence-corrected chi connectivity index (χ2v) is 8.61. The van der Waals surface area contributed by atoms with Crippen LogP contribution < -0.4 is 16.2 Å². The molecule has 29 heavy (non-hydrogen) atoms. The quantitative estimate of drug-likeness (QED) is 0.665. The van der Waals surface area contributed by atoms with Crippen LogP contribution in [0.1, 0.15) is 59.4 Å². The number of aromatic nitrogens is 2. The molecule has 1 aromatic carbocycles. The largest absolute Gasteiger partial charge is 0.379 e. The second kappa shape index (κ2) is 8.37. The van der Waals surface area contributed by atoms with E-state index >= 15 is 0 Å². The summed E-state index contributed by atoms with van der Waals surface area (Å²) in [6, 6.07) is 7.55. The molecule has 0 saturated heterocycles. The minimum atomic E-state index is -0.0583. The van der Waals surface area contributed by atoms with Gasteiger partial charge in [-0.2, -0.15) is 0 Å². The summed E-state index contributed by atoms with van der Waals surface area (Å²) in [5, 5.41) is 8.43. The maximum absolute atomic E-state index is 12.5. The smallest absolute Gasteiger partial charge is 0.259 e. The van der Waals surface area contributed by atoms with E-state index in [2.05, 4.69) is 15.6 Å². The van der Waals surface area contributed by atoms with Crippen molar-refractivity contribution in [3.8, 4) is 0 Å². The molecule has 2 aromatic heterocycles. The minimum Gasteiger partial charge on any atom is -0.379 e. The number of nitrogens with one attached hydrogen (secondary N) is 2. The van der Waals surface area contributed by atoms with Crippen LogP contribution in [-0.2, 0) is 6.54 Å². The highest BCUT2D eigenvalue weighted by atomic mass is 32.1. The van der Waals surface area contributed by atoms with E-state index in [1.54, 1.807) is 10.5 Å². The first-order chi connectivity index (χ1) is 14.0. The number of aryl methyl sites for hydroxylation is 2. The molecule has 0 spiro atoms. The van der Waals surface area contributed by atoms with Crippen LogP contribution in [0.2, 0.25) is 0 Å². The van der Waals surface area contributed by atoms with Gasteiger partial charge in [-0.15, -0.1) is 11.3 Å². The Bertz CT molecular complexity index is 1100. The molecule has 0 radical (unpaired) electrons. The Hall–Kier alpha value is -2.67. The molecule has 152 valence electrons. The molecule has 1 aliphatic rings. The lowest BCUT2D eigenvalue weighted by Gasteiger charge is -2.23. The third-order valence-electron chi connectivity index (χ3n) is 5.52. The standard InChI is InChI=1S/C22H26N4O2S/c1-14-10-16(21(28)24-17-6-4-3-5-7-17)8-9-19(14)23-12-18-11-20(27)26-15(2)13-29-22(26)25-18/h8-11,13,17,23H,3-7,12H2,1-2H3,(H,24,28). The molecule has 2 N–H and O–H groups in total. The highest BCUT2D eigenvalue weighted by Crippen LogP contribution is 2.20. The van der Waals surface area contributed by atoms with Crippen LogP contribution in [0.4, 0.5) is 5.69 Å². The van der Waals surface area contributed by atoms with E-state index in [1.165, 1.54) is 30.6 Å². The second-order valence-electron chi connectivity index (χ2n) is 7.77. The van der Waals surface area contributed by atoms with Gasteiger partial charge in [0.1, 0.15) is 0 Å². The van der Waals surface area contributed by atoms with Crippen LogP contribution >= 0.6 is 11.3 Å². The van der Waals surface area contributed by atoms with Gasteiger partial charge in [-0.1, -0.05) is 19.3 Å². The van der Waals surface area contributed by atoms with Gasteiger partial charge in [-0.3, -0.25) is 14.0 Å². The average Bonchev–Trinajstić information content (AvgIpc) is 3.09. The number of anilines is 1. The fourth-order valence-electron chi connectivity index (χ4n) is 3.90. The molecule has 4 rings (SSSR count). The Morgan fingerprint density at radius 3 is 2.76 bits per heavy atom. The molecule has 6 nitrogen and oxygen atoms in total. The van der Waals surface area contributed by atoms with Gasteiger partial charge in [-0.25, -0.2) is 4.98 Å². The van der Waals surface area contributed by atoms with Gasteiger partial charge in [0, 0.05) is 34.4 Å². The van der Waals surface area contributed by atoms with E-state index in [-0.39, 0.29) is 11.5 Å². The van der Waals surface area contributed by atoms with Crippen molar-refractivity contribution in [2.75, 3.05) is 5.32 Å². The van der Waals surface area contributed by atoms with Crippen LogP contribution in [0.5, 0.6) is 0 Å². The summed E-state index contributed by atoms with van der Waals surface area (Å²) in [5.74, 6) is -0.000227. The molecule has 0 atom stereocenters. The monoisotopic (exact) mass is 410 g/mol. The van der Waals surface area contributed by atoms with Crippen LogP contribution in [0.3, 0.4) is 0 Å². The van der Waals surface area contributed by atoms with Crippen molar-refractivity contribution in [3.05, 3.63) is 62.5 Å².